The molecule has 2 aromatic heterocycles. The Kier molecular flexibility index (Phi) is 5.87. The number of amides is 1. The molecule has 1 unspecified atom stereocenters. The molecule has 2 aliphatic rings. The zero-order valence-corrected chi connectivity index (χ0v) is 19.9. The largest absolute Gasteiger partial charge is 0.375 e. The summed E-state index contributed by atoms with van der Waals surface area (Å²) >= 11 is 0. The molecule has 178 valence electrons. The van der Waals surface area contributed by atoms with Crippen LogP contribution in [0.4, 0.5) is 5.69 Å². The SMILES string of the molecule is Cn1ccc2c(c1=O)CCN(c1ccnc(CNC(=O)c3ccc4c(c3)C(C)(C#N)COC4)c1)C2. The number of fused-ring (bicyclic) bond motifs is 2. The first-order valence-electron chi connectivity index (χ1n) is 11.7. The van der Waals surface area contributed by atoms with Gasteiger partial charge in [0.1, 0.15) is 5.41 Å². The Morgan fingerprint density at radius 3 is 2.94 bits per heavy atom. The van der Waals surface area contributed by atoms with Crippen molar-refractivity contribution in [2.45, 2.75) is 38.5 Å². The standard InChI is InChI=1S/C27H27N5O3/c1-27(16-28)17-35-15-20-4-3-18(11-24(20)27)25(33)30-13-21-12-22(5-8-29-21)32-10-7-23-19(14-32)6-9-31(2)26(23)34/h3-6,8-9,11-12H,7,10,13-15,17H2,1-2H3,(H,30,33). The second-order valence-electron chi connectivity index (χ2n) is 9.40. The fraction of sp³-hybridized carbons (Fsp3) is 0.333. The number of hydrogen-bond donors (Lipinski definition) is 1. The molecule has 0 bridgehead atoms. The van der Waals surface area contributed by atoms with Crippen LogP contribution in [0.3, 0.4) is 0 Å². The van der Waals surface area contributed by atoms with Gasteiger partial charge in [-0.15, -0.1) is 0 Å². The Bertz CT molecular complexity index is 1410. The number of nitrogens with one attached hydrogen (secondary N) is 1. The van der Waals surface area contributed by atoms with Crippen molar-refractivity contribution in [3.05, 3.63) is 92.7 Å². The number of pyridine rings is 2. The first-order chi connectivity index (χ1) is 16.9. The van der Waals surface area contributed by atoms with E-state index >= 15 is 0 Å². The van der Waals surface area contributed by atoms with E-state index in [0.717, 1.165) is 40.2 Å². The maximum absolute atomic E-state index is 12.9. The summed E-state index contributed by atoms with van der Waals surface area (Å²) in [5.41, 5.74) is 5.30. The number of nitriles is 1. The van der Waals surface area contributed by atoms with Crippen LogP contribution in [0.5, 0.6) is 0 Å². The van der Waals surface area contributed by atoms with Crippen molar-refractivity contribution in [1.29, 1.82) is 5.26 Å². The molecular formula is C27H27N5O3. The van der Waals surface area contributed by atoms with E-state index in [-0.39, 0.29) is 18.0 Å². The molecule has 0 saturated heterocycles. The molecule has 1 amide bonds. The Morgan fingerprint density at radius 1 is 1.26 bits per heavy atom. The molecule has 0 aliphatic carbocycles. The summed E-state index contributed by atoms with van der Waals surface area (Å²) in [6.07, 6.45) is 4.25. The van der Waals surface area contributed by atoms with Gasteiger partial charge in [0.25, 0.3) is 11.5 Å². The van der Waals surface area contributed by atoms with E-state index in [0.29, 0.717) is 31.7 Å². The predicted octanol–water partition coefficient (Wildman–Crippen LogP) is 2.58. The molecule has 8 heteroatoms. The summed E-state index contributed by atoms with van der Waals surface area (Å²) in [7, 11) is 1.78. The molecule has 3 aromatic rings. The summed E-state index contributed by atoms with van der Waals surface area (Å²) in [4.78, 5) is 31.9. The fourth-order valence-electron chi connectivity index (χ4n) is 4.81. The van der Waals surface area contributed by atoms with Gasteiger partial charge in [0.2, 0.25) is 0 Å². The molecule has 4 heterocycles. The van der Waals surface area contributed by atoms with E-state index in [2.05, 4.69) is 21.3 Å². The molecular weight excluding hydrogens is 442 g/mol. The first-order valence-corrected chi connectivity index (χ1v) is 11.7. The van der Waals surface area contributed by atoms with E-state index in [1.54, 1.807) is 29.9 Å². The second-order valence-corrected chi connectivity index (χ2v) is 9.40. The Balaban J connectivity index is 1.28. The van der Waals surface area contributed by atoms with Gasteiger partial charge in [-0.1, -0.05) is 6.07 Å². The van der Waals surface area contributed by atoms with Crippen molar-refractivity contribution in [3.8, 4) is 6.07 Å². The van der Waals surface area contributed by atoms with Crippen LogP contribution in [0.25, 0.3) is 0 Å². The third kappa shape index (κ3) is 4.31. The van der Waals surface area contributed by atoms with Crippen LogP contribution in [0.15, 0.2) is 53.6 Å². The average molecular weight is 470 g/mol. The normalized spacial score (nSPS) is 18.8. The zero-order valence-electron chi connectivity index (χ0n) is 19.9. The van der Waals surface area contributed by atoms with Crippen LogP contribution in [-0.4, -0.2) is 28.6 Å². The lowest BCUT2D eigenvalue weighted by Crippen LogP contribution is -2.35. The maximum atomic E-state index is 12.9. The van der Waals surface area contributed by atoms with Crippen LogP contribution >= 0.6 is 0 Å². The lowest BCUT2D eigenvalue weighted by molar-refractivity contribution is 0.0757. The minimum Gasteiger partial charge on any atom is -0.375 e. The topological polar surface area (TPSA) is 100 Å². The molecule has 1 aromatic carbocycles. The highest BCUT2D eigenvalue weighted by atomic mass is 16.5. The van der Waals surface area contributed by atoms with Crippen LogP contribution in [0.2, 0.25) is 0 Å². The van der Waals surface area contributed by atoms with Gasteiger partial charge in [-0.25, -0.2) is 0 Å². The van der Waals surface area contributed by atoms with Crippen LogP contribution in [-0.2, 0) is 43.3 Å². The van der Waals surface area contributed by atoms with Gasteiger partial charge in [-0.2, -0.15) is 5.26 Å². The van der Waals surface area contributed by atoms with Crippen LogP contribution in [0.1, 0.15) is 45.2 Å². The molecule has 35 heavy (non-hydrogen) atoms. The molecule has 8 nitrogen and oxygen atoms in total. The van der Waals surface area contributed by atoms with Gasteiger partial charge in [-0.05, 0) is 60.4 Å². The van der Waals surface area contributed by atoms with E-state index in [9.17, 15) is 14.9 Å². The average Bonchev–Trinajstić information content (AvgIpc) is 2.89. The molecule has 1 N–H and O–H groups in total. The quantitative estimate of drug-likeness (QED) is 0.631. The number of aromatic nitrogens is 2. The minimum atomic E-state index is -0.767. The summed E-state index contributed by atoms with van der Waals surface area (Å²) in [5, 5.41) is 12.6. The fourth-order valence-corrected chi connectivity index (χ4v) is 4.81. The molecule has 5 rings (SSSR count). The number of carbonyl (C=O) groups excluding carboxylic acids is 1. The van der Waals surface area contributed by atoms with Gasteiger partial charge in [-0.3, -0.25) is 14.6 Å². The van der Waals surface area contributed by atoms with Crippen molar-refractivity contribution in [1.82, 2.24) is 14.9 Å². The molecule has 0 radical (unpaired) electrons. The molecule has 0 spiro atoms. The van der Waals surface area contributed by atoms with Gasteiger partial charge in [0.05, 0.1) is 31.5 Å². The minimum absolute atomic E-state index is 0.0741. The van der Waals surface area contributed by atoms with E-state index in [1.807, 2.05) is 37.4 Å². The third-order valence-corrected chi connectivity index (χ3v) is 6.92. The molecule has 2 aliphatic heterocycles. The van der Waals surface area contributed by atoms with E-state index in [4.69, 9.17) is 4.74 Å². The summed E-state index contributed by atoms with van der Waals surface area (Å²) in [6.45, 7) is 4.29. The monoisotopic (exact) mass is 469 g/mol. The van der Waals surface area contributed by atoms with Gasteiger partial charge < -0.3 is 19.5 Å². The van der Waals surface area contributed by atoms with Gasteiger partial charge >= 0.3 is 0 Å². The zero-order chi connectivity index (χ0) is 24.6. The molecule has 1 atom stereocenters. The summed E-state index contributed by atoms with van der Waals surface area (Å²) in [5.74, 6) is -0.213. The Morgan fingerprint density at radius 2 is 2.11 bits per heavy atom. The first kappa shape index (κ1) is 22.8. The highest BCUT2D eigenvalue weighted by Crippen LogP contribution is 2.32. The van der Waals surface area contributed by atoms with Crippen LogP contribution in [0, 0.1) is 11.3 Å². The highest BCUT2D eigenvalue weighted by Gasteiger charge is 2.33. The number of anilines is 1. The van der Waals surface area contributed by atoms with Crippen molar-refractivity contribution in [2.75, 3.05) is 18.1 Å². The van der Waals surface area contributed by atoms with Crippen molar-refractivity contribution in [3.63, 3.8) is 0 Å². The number of ether oxygens (including phenoxy) is 1. The number of rotatable bonds is 4. The predicted molar refractivity (Wildman–Crippen MR) is 131 cm³/mol. The molecule has 0 fully saturated rings. The number of hydrogen-bond acceptors (Lipinski definition) is 6. The van der Waals surface area contributed by atoms with Crippen molar-refractivity contribution in [2.24, 2.45) is 7.05 Å². The number of aryl methyl sites for hydroxylation is 1. The molecule has 0 saturated carbocycles. The lowest BCUT2D eigenvalue weighted by atomic mass is 9.79. The smallest absolute Gasteiger partial charge is 0.253 e. The van der Waals surface area contributed by atoms with Crippen molar-refractivity contribution < 1.29 is 9.53 Å². The number of carbonyl (C=O) groups is 1. The van der Waals surface area contributed by atoms with Crippen molar-refractivity contribution >= 4 is 11.6 Å². The Labute approximate surface area is 203 Å². The number of nitrogens with zero attached hydrogens (tertiary/aromatic N) is 4. The van der Waals surface area contributed by atoms with Gasteiger partial charge in [0, 0.05) is 49.3 Å². The highest BCUT2D eigenvalue weighted by molar-refractivity contribution is 5.94. The Hall–Kier alpha value is -3.96. The van der Waals surface area contributed by atoms with Gasteiger partial charge in [0.15, 0.2) is 0 Å². The van der Waals surface area contributed by atoms with Crippen LogP contribution < -0.4 is 15.8 Å². The maximum Gasteiger partial charge on any atom is 0.253 e. The summed E-state index contributed by atoms with van der Waals surface area (Å²) in [6, 6.07) is 13.7. The summed E-state index contributed by atoms with van der Waals surface area (Å²) < 4.78 is 7.17. The van der Waals surface area contributed by atoms with E-state index < -0.39 is 5.41 Å². The third-order valence-electron chi connectivity index (χ3n) is 6.92. The van der Waals surface area contributed by atoms with E-state index in [1.165, 1.54) is 0 Å². The second kappa shape index (κ2) is 9.01. The number of benzene rings is 1. The lowest BCUT2D eigenvalue weighted by Gasteiger charge is -2.30.